The molecule has 0 N–H and O–H groups in total. The van der Waals surface area contributed by atoms with Crippen LogP contribution in [0.3, 0.4) is 0 Å². The first-order valence-corrected chi connectivity index (χ1v) is 9.99. The first-order chi connectivity index (χ1) is 14.3. The number of nitrogens with zero attached hydrogens (tertiary/aromatic N) is 2. The highest BCUT2D eigenvalue weighted by Crippen LogP contribution is 2.35. The van der Waals surface area contributed by atoms with Crippen LogP contribution in [0, 0.1) is 0 Å². The molecule has 0 radical (unpaired) electrons. The third kappa shape index (κ3) is 1.78. The van der Waals surface area contributed by atoms with E-state index in [1.54, 1.807) is 0 Å². The highest BCUT2D eigenvalue weighted by molar-refractivity contribution is 6.24. The molecule has 2 aliphatic carbocycles. The smallest absolute Gasteiger partial charge is 0.264 e. The lowest BCUT2D eigenvalue weighted by molar-refractivity contribution is 0.831. The average molecular weight is 372 g/mol. The van der Waals surface area contributed by atoms with Gasteiger partial charge in [-0.05, 0) is 22.8 Å². The van der Waals surface area contributed by atoms with Crippen LogP contribution in [-0.2, 0) is 0 Å². The van der Waals surface area contributed by atoms with Crippen molar-refractivity contribution in [3.05, 3.63) is 93.5 Å². The van der Waals surface area contributed by atoms with Crippen molar-refractivity contribution in [1.29, 1.82) is 0 Å². The van der Waals surface area contributed by atoms with E-state index in [4.69, 9.17) is 4.98 Å². The molecule has 0 fully saturated rings. The van der Waals surface area contributed by atoms with E-state index in [2.05, 4.69) is 60.7 Å². The summed E-state index contributed by atoms with van der Waals surface area (Å²) in [6.45, 7) is 0. The van der Waals surface area contributed by atoms with Gasteiger partial charge in [0, 0.05) is 27.5 Å². The quantitative estimate of drug-likeness (QED) is 0.369. The average Bonchev–Trinajstić information content (AvgIpc) is 3.19. The van der Waals surface area contributed by atoms with E-state index in [1.807, 2.05) is 22.6 Å². The van der Waals surface area contributed by atoms with E-state index in [-0.39, 0.29) is 11.5 Å². The SMILES string of the molecule is O=c1c2c3c(c4nc5c6ccccc6c6ccccc6c5n14)=CC=CC3CC=C2. The second kappa shape index (κ2) is 5.21. The number of imidazole rings is 1. The number of hydrogen-bond acceptors (Lipinski definition) is 2. The van der Waals surface area contributed by atoms with Crippen molar-refractivity contribution in [2.75, 3.05) is 0 Å². The molecule has 1 atom stereocenters. The molecule has 0 spiro atoms. The Bertz CT molecular complexity index is 1700. The maximum absolute atomic E-state index is 13.7. The van der Waals surface area contributed by atoms with Crippen molar-refractivity contribution in [3.8, 4) is 0 Å². The summed E-state index contributed by atoms with van der Waals surface area (Å²) in [5.41, 5.74) is 4.56. The Morgan fingerprint density at radius 2 is 1.66 bits per heavy atom. The zero-order chi connectivity index (χ0) is 19.1. The summed E-state index contributed by atoms with van der Waals surface area (Å²) in [6, 6.07) is 16.7. The Morgan fingerprint density at radius 1 is 0.931 bits per heavy atom. The molecule has 2 aromatic heterocycles. The zero-order valence-corrected chi connectivity index (χ0v) is 15.6. The van der Waals surface area contributed by atoms with Gasteiger partial charge in [0.05, 0.1) is 11.0 Å². The number of hydrogen-bond donors (Lipinski definition) is 0. The maximum atomic E-state index is 13.7. The first kappa shape index (κ1) is 15.2. The zero-order valence-electron chi connectivity index (χ0n) is 15.6. The molecule has 5 aromatic rings. The van der Waals surface area contributed by atoms with Crippen molar-refractivity contribution in [3.63, 3.8) is 0 Å². The second-order valence-corrected chi connectivity index (χ2v) is 7.90. The number of aromatic nitrogens is 2. The van der Waals surface area contributed by atoms with E-state index < -0.39 is 0 Å². The van der Waals surface area contributed by atoms with Crippen LogP contribution in [0.4, 0.5) is 0 Å². The Morgan fingerprint density at radius 3 is 2.48 bits per heavy atom. The summed E-state index contributed by atoms with van der Waals surface area (Å²) >= 11 is 0. The van der Waals surface area contributed by atoms with Crippen molar-refractivity contribution in [1.82, 2.24) is 9.38 Å². The van der Waals surface area contributed by atoms with Crippen LogP contribution in [0.15, 0.2) is 71.6 Å². The van der Waals surface area contributed by atoms with Gasteiger partial charge in [-0.2, -0.15) is 0 Å². The fourth-order valence-corrected chi connectivity index (χ4v) is 5.22. The summed E-state index contributed by atoms with van der Waals surface area (Å²) < 4.78 is 1.85. The summed E-state index contributed by atoms with van der Waals surface area (Å²) in [7, 11) is 0. The molecule has 2 heterocycles. The Kier molecular flexibility index (Phi) is 2.73. The van der Waals surface area contributed by atoms with E-state index in [1.165, 1.54) is 5.39 Å². The van der Waals surface area contributed by atoms with Gasteiger partial charge in [-0.15, -0.1) is 0 Å². The lowest BCUT2D eigenvalue weighted by atomic mass is 9.84. The predicted octanol–water partition coefficient (Wildman–Crippen LogP) is 4.72. The molecule has 0 aliphatic heterocycles. The minimum atomic E-state index is 0.0336. The molecule has 3 heteroatoms. The Labute approximate surface area is 165 Å². The molecule has 3 nitrogen and oxygen atoms in total. The lowest BCUT2D eigenvalue weighted by Gasteiger charge is -2.21. The fraction of sp³-hybridized carbons (Fsp3) is 0.0769. The van der Waals surface area contributed by atoms with Gasteiger partial charge in [-0.3, -0.25) is 9.20 Å². The summed E-state index contributed by atoms with van der Waals surface area (Å²) in [6.07, 6.45) is 11.5. The monoisotopic (exact) mass is 372 g/mol. The molecule has 0 saturated heterocycles. The molecule has 0 bridgehead atoms. The molecule has 0 amide bonds. The predicted molar refractivity (Wildman–Crippen MR) is 119 cm³/mol. The van der Waals surface area contributed by atoms with Gasteiger partial charge < -0.3 is 0 Å². The summed E-state index contributed by atoms with van der Waals surface area (Å²) in [5, 5.41) is 5.57. The van der Waals surface area contributed by atoms with Crippen LogP contribution < -0.4 is 10.8 Å². The molecule has 136 valence electrons. The van der Waals surface area contributed by atoms with Gasteiger partial charge in [-0.25, -0.2) is 4.98 Å². The van der Waals surface area contributed by atoms with Crippen LogP contribution in [0.5, 0.6) is 0 Å². The van der Waals surface area contributed by atoms with Crippen LogP contribution in [0.1, 0.15) is 23.5 Å². The van der Waals surface area contributed by atoms with Crippen LogP contribution >= 0.6 is 0 Å². The van der Waals surface area contributed by atoms with Crippen LogP contribution in [0.25, 0.3) is 50.4 Å². The number of benzene rings is 3. The summed E-state index contributed by atoms with van der Waals surface area (Å²) in [5.74, 6) is 0.265. The molecular formula is C26H16N2O. The maximum Gasteiger partial charge on any atom is 0.264 e. The van der Waals surface area contributed by atoms with Gasteiger partial charge in [0.1, 0.15) is 5.65 Å². The normalized spacial score (nSPS) is 17.3. The van der Waals surface area contributed by atoms with Crippen molar-refractivity contribution >= 4 is 50.4 Å². The molecule has 7 rings (SSSR count). The summed E-state index contributed by atoms with van der Waals surface area (Å²) in [4.78, 5) is 18.8. The van der Waals surface area contributed by atoms with Crippen molar-refractivity contribution in [2.24, 2.45) is 0 Å². The van der Waals surface area contributed by atoms with Crippen molar-refractivity contribution in [2.45, 2.75) is 12.3 Å². The largest absolute Gasteiger partial charge is 0.268 e. The molecule has 1 unspecified atom stereocenters. The number of rotatable bonds is 0. The molecular weight excluding hydrogens is 356 g/mol. The number of pyridine rings is 1. The molecule has 29 heavy (non-hydrogen) atoms. The van der Waals surface area contributed by atoms with Gasteiger partial charge in [0.25, 0.3) is 5.56 Å². The topological polar surface area (TPSA) is 34.4 Å². The second-order valence-electron chi connectivity index (χ2n) is 7.90. The van der Waals surface area contributed by atoms with Gasteiger partial charge in [0.2, 0.25) is 0 Å². The number of fused-ring (bicyclic) bond motifs is 9. The highest BCUT2D eigenvalue weighted by Gasteiger charge is 2.25. The fourth-order valence-electron chi connectivity index (χ4n) is 5.22. The third-order valence-corrected chi connectivity index (χ3v) is 6.44. The van der Waals surface area contributed by atoms with E-state index in [9.17, 15) is 4.79 Å². The Hall–Kier alpha value is -3.72. The first-order valence-electron chi connectivity index (χ1n) is 9.99. The molecule has 0 saturated carbocycles. The standard InChI is InChI=1S/C26H16N2O/c29-26-21-14-6-8-15-7-5-13-20(22(15)21)25-27-23-18-11-3-1-9-16(18)17-10-2-4-12-19(17)24(23)28(25)26/h1-7,9-15H,8H2. The van der Waals surface area contributed by atoms with Gasteiger partial charge in [-0.1, -0.05) is 78.9 Å². The molecule has 3 aromatic carbocycles. The highest BCUT2D eigenvalue weighted by atomic mass is 16.1. The molecule has 2 aliphatic rings. The van der Waals surface area contributed by atoms with Gasteiger partial charge >= 0.3 is 0 Å². The van der Waals surface area contributed by atoms with E-state index in [0.717, 1.165) is 55.6 Å². The van der Waals surface area contributed by atoms with Gasteiger partial charge in [0.15, 0.2) is 0 Å². The van der Waals surface area contributed by atoms with E-state index in [0.29, 0.717) is 0 Å². The van der Waals surface area contributed by atoms with E-state index >= 15 is 0 Å². The third-order valence-electron chi connectivity index (χ3n) is 6.44. The van der Waals surface area contributed by atoms with Crippen molar-refractivity contribution < 1.29 is 0 Å². The Balaban J connectivity index is 1.88. The lowest BCUT2D eigenvalue weighted by Crippen LogP contribution is -2.30. The minimum absolute atomic E-state index is 0.0336. The number of allylic oxidation sites excluding steroid dienone is 3. The van der Waals surface area contributed by atoms with Crippen LogP contribution in [0.2, 0.25) is 0 Å². The van der Waals surface area contributed by atoms with Crippen LogP contribution in [-0.4, -0.2) is 9.38 Å². The minimum Gasteiger partial charge on any atom is -0.268 e.